The number of aromatic nitrogens is 2. The van der Waals surface area contributed by atoms with Gasteiger partial charge in [0.1, 0.15) is 0 Å². The molecule has 0 aliphatic rings. The minimum absolute atomic E-state index is 0.470. The zero-order chi connectivity index (χ0) is 11.4. The van der Waals surface area contributed by atoms with E-state index in [1.807, 2.05) is 24.4 Å². The molecule has 0 bridgehead atoms. The van der Waals surface area contributed by atoms with E-state index in [1.54, 1.807) is 0 Å². The number of rotatable bonds is 4. The average molecular weight is 215 g/mol. The maximum absolute atomic E-state index is 4.12. The van der Waals surface area contributed by atoms with Gasteiger partial charge in [-0.15, -0.1) is 0 Å². The first kappa shape index (κ1) is 11.0. The van der Waals surface area contributed by atoms with Crippen molar-refractivity contribution in [2.24, 2.45) is 0 Å². The Morgan fingerprint density at radius 3 is 2.94 bits per heavy atom. The van der Waals surface area contributed by atoms with Gasteiger partial charge in [-0.2, -0.15) is 10.2 Å². The van der Waals surface area contributed by atoms with Crippen molar-refractivity contribution in [3.63, 3.8) is 0 Å². The van der Waals surface area contributed by atoms with Crippen LogP contribution in [0.1, 0.15) is 19.4 Å². The van der Waals surface area contributed by atoms with Crippen LogP contribution in [0, 0.1) is 0 Å². The summed E-state index contributed by atoms with van der Waals surface area (Å²) in [4.78, 5) is 0. The molecule has 3 nitrogen and oxygen atoms in total. The molecule has 0 fully saturated rings. The molecule has 1 atom stereocenters. The van der Waals surface area contributed by atoms with Crippen LogP contribution >= 0.6 is 0 Å². The highest BCUT2D eigenvalue weighted by atomic mass is 15.1. The molecule has 84 valence electrons. The molecule has 1 N–H and O–H groups in total. The van der Waals surface area contributed by atoms with Gasteiger partial charge in [0.2, 0.25) is 0 Å². The third kappa shape index (κ3) is 2.36. The van der Waals surface area contributed by atoms with Crippen LogP contribution in [0.3, 0.4) is 0 Å². The van der Waals surface area contributed by atoms with Crippen LogP contribution in [0.25, 0.3) is 10.9 Å². The number of hydrogen-bond donors (Lipinski definition) is 1. The van der Waals surface area contributed by atoms with Crippen molar-refractivity contribution < 1.29 is 0 Å². The third-order valence-corrected chi connectivity index (χ3v) is 2.71. The Kier molecular flexibility index (Phi) is 3.47. The fraction of sp³-hybridized carbons (Fsp3) is 0.385. The van der Waals surface area contributed by atoms with Crippen LogP contribution in [0.2, 0.25) is 0 Å². The second-order valence-corrected chi connectivity index (χ2v) is 4.05. The van der Waals surface area contributed by atoms with Gasteiger partial charge in [0, 0.05) is 11.4 Å². The SMILES string of the molecule is CCNC(C)Cc1cnnc2ccccc12. The van der Waals surface area contributed by atoms with Gasteiger partial charge in [-0.3, -0.25) is 0 Å². The van der Waals surface area contributed by atoms with Gasteiger partial charge < -0.3 is 5.32 Å². The Morgan fingerprint density at radius 1 is 1.31 bits per heavy atom. The van der Waals surface area contributed by atoms with Crippen LogP contribution < -0.4 is 5.32 Å². The summed E-state index contributed by atoms with van der Waals surface area (Å²) in [5.74, 6) is 0. The van der Waals surface area contributed by atoms with Crippen LogP contribution in [0.15, 0.2) is 30.5 Å². The molecule has 0 spiro atoms. The molecule has 1 aromatic carbocycles. The predicted molar refractivity (Wildman–Crippen MR) is 66.4 cm³/mol. The van der Waals surface area contributed by atoms with E-state index in [-0.39, 0.29) is 0 Å². The van der Waals surface area contributed by atoms with Crippen molar-refractivity contribution in [1.29, 1.82) is 0 Å². The van der Waals surface area contributed by atoms with Gasteiger partial charge in [0.05, 0.1) is 11.7 Å². The lowest BCUT2D eigenvalue weighted by molar-refractivity contribution is 0.565. The minimum atomic E-state index is 0.470. The summed E-state index contributed by atoms with van der Waals surface area (Å²) in [6.45, 7) is 5.32. The summed E-state index contributed by atoms with van der Waals surface area (Å²) in [5.41, 5.74) is 2.24. The lowest BCUT2D eigenvalue weighted by atomic mass is 10.0. The van der Waals surface area contributed by atoms with E-state index in [1.165, 1.54) is 10.9 Å². The summed E-state index contributed by atoms with van der Waals surface area (Å²) in [6, 6.07) is 8.62. The first-order valence-electron chi connectivity index (χ1n) is 5.74. The molecule has 1 unspecified atom stereocenters. The fourth-order valence-electron chi connectivity index (χ4n) is 1.98. The quantitative estimate of drug-likeness (QED) is 0.849. The van der Waals surface area contributed by atoms with Gasteiger partial charge in [-0.1, -0.05) is 25.1 Å². The van der Waals surface area contributed by atoms with Gasteiger partial charge in [-0.25, -0.2) is 0 Å². The monoisotopic (exact) mass is 215 g/mol. The molecule has 0 saturated carbocycles. The van der Waals surface area contributed by atoms with Crippen LogP contribution in [-0.2, 0) is 6.42 Å². The smallest absolute Gasteiger partial charge is 0.0932 e. The zero-order valence-electron chi connectivity index (χ0n) is 9.77. The molecule has 2 rings (SSSR count). The molecule has 3 heteroatoms. The molecule has 0 aliphatic carbocycles. The van der Waals surface area contributed by atoms with Crippen molar-refractivity contribution >= 4 is 10.9 Å². The van der Waals surface area contributed by atoms with E-state index in [4.69, 9.17) is 0 Å². The van der Waals surface area contributed by atoms with E-state index < -0.39 is 0 Å². The molecule has 0 aliphatic heterocycles. The van der Waals surface area contributed by atoms with E-state index >= 15 is 0 Å². The minimum Gasteiger partial charge on any atom is -0.314 e. The molecule has 1 aromatic heterocycles. The predicted octanol–water partition coefficient (Wildman–Crippen LogP) is 2.17. The Balaban J connectivity index is 2.30. The molecule has 1 heterocycles. The first-order valence-corrected chi connectivity index (χ1v) is 5.74. The topological polar surface area (TPSA) is 37.8 Å². The maximum atomic E-state index is 4.12. The number of hydrogen-bond acceptors (Lipinski definition) is 3. The van der Waals surface area contributed by atoms with Crippen molar-refractivity contribution in [3.05, 3.63) is 36.0 Å². The molecular weight excluding hydrogens is 198 g/mol. The molecule has 16 heavy (non-hydrogen) atoms. The Morgan fingerprint density at radius 2 is 2.12 bits per heavy atom. The Bertz CT molecular complexity index is 462. The number of likely N-dealkylation sites (N-methyl/N-ethyl adjacent to an activating group) is 1. The normalized spacial score (nSPS) is 12.9. The number of nitrogens with zero attached hydrogens (tertiary/aromatic N) is 2. The zero-order valence-corrected chi connectivity index (χ0v) is 9.77. The van der Waals surface area contributed by atoms with Crippen LogP contribution in [0.4, 0.5) is 0 Å². The highest BCUT2D eigenvalue weighted by molar-refractivity contribution is 5.81. The van der Waals surface area contributed by atoms with Crippen molar-refractivity contribution in [3.8, 4) is 0 Å². The van der Waals surface area contributed by atoms with E-state index in [9.17, 15) is 0 Å². The van der Waals surface area contributed by atoms with Gasteiger partial charge in [0.25, 0.3) is 0 Å². The second-order valence-electron chi connectivity index (χ2n) is 4.05. The third-order valence-electron chi connectivity index (χ3n) is 2.71. The standard InChI is InChI=1S/C13H17N3/c1-3-14-10(2)8-11-9-15-16-13-7-5-4-6-12(11)13/h4-7,9-10,14H,3,8H2,1-2H3. The summed E-state index contributed by atoms with van der Waals surface area (Å²) < 4.78 is 0. The number of benzene rings is 1. The summed E-state index contributed by atoms with van der Waals surface area (Å²) in [6.07, 6.45) is 2.86. The lowest BCUT2D eigenvalue weighted by Gasteiger charge is -2.12. The molecule has 2 aromatic rings. The fourth-order valence-corrected chi connectivity index (χ4v) is 1.98. The summed E-state index contributed by atoms with van der Waals surface area (Å²) in [7, 11) is 0. The van der Waals surface area contributed by atoms with Gasteiger partial charge in [-0.05, 0) is 31.5 Å². The van der Waals surface area contributed by atoms with E-state index in [2.05, 4.69) is 35.4 Å². The Hall–Kier alpha value is -1.48. The number of fused-ring (bicyclic) bond motifs is 1. The average Bonchev–Trinajstić information content (AvgIpc) is 2.30. The van der Waals surface area contributed by atoms with E-state index in [0.29, 0.717) is 6.04 Å². The first-order chi connectivity index (χ1) is 7.81. The van der Waals surface area contributed by atoms with Crippen molar-refractivity contribution in [2.75, 3.05) is 6.54 Å². The van der Waals surface area contributed by atoms with E-state index in [0.717, 1.165) is 18.5 Å². The van der Waals surface area contributed by atoms with Crippen LogP contribution in [0.5, 0.6) is 0 Å². The van der Waals surface area contributed by atoms with Crippen molar-refractivity contribution in [1.82, 2.24) is 15.5 Å². The van der Waals surface area contributed by atoms with Gasteiger partial charge in [0.15, 0.2) is 0 Å². The highest BCUT2D eigenvalue weighted by Gasteiger charge is 2.06. The molecule has 0 amide bonds. The largest absolute Gasteiger partial charge is 0.314 e. The Labute approximate surface area is 95.9 Å². The highest BCUT2D eigenvalue weighted by Crippen LogP contribution is 2.16. The summed E-state index contributed by atoms with van der Waals surface area (Å²) in [5, 5.41) is 12.8. The number of nitrogens with one attached hydrogen (secondary N) is 1. The maximum Gasteiger partial charge on any atom is 0.0932 e. The van der Waals surface area contributed by atoms with Crippen LogP contribution in [-0.4, -0.2) is 22.8 Å². The lowest BCUT2D eigenvalue weighted by Crippen LogP contribution is -2.27. The molecule has 0 radical (unpaired) electrons. The molecule has 0 saturated heterocycles. The van der Waals surface area contributed by atoms with Gasteiger partial charge >= 0.3 is 0 Å². The molecular formula is C13H17N3. The second kappa shape index (κ2) is 5.03. The summed E-state index contributed by atoms with van der Waals surface area (Å²) >= 11 is 0. The van der Waals surface area contributed by atoms with Crippen molar-refractivity contribution in [2.45, 2.75) is 26.3 Å².